The number of amides is 1. The van der Waals surface area contributed by atoms with Crippen LogP contribution in [0.3, 0.4) is 0 Å². The number of nitrogens with two attached hydrogens (primary N) is 1. The van der Waals surface area contributed by atoms with E-state index in [0.29, 0.717) is 11.5 Å². The molecular formula is C13H20N2O3S2. The summed E-state index contributed by atoms with van der Waals surface area (Å²) in [5, 5.41) is 9.57. The number of hydrogen-bond acceptors (Lipinski definition) is 4. The van der Waals surface area contributed by atoms with Gasteiger partial charge in [0, 0.05) is 11.4 Å². The molecule has 2 rings (SSSR count). The van der Waals surface area contributed by atoms with Crippen molar-refractivity contribution in [2.24, 2.45) is 11.1 Å². The lowest BCUT2D eigenvalue weighted by atomic mass is 9.84. The lowest BCUT2D eigenvalue weighted by Crippen LogP contribution is -2.38. The molecule has 1 aromatic rings. The van der Waals surface area contributed by atoms with Crippen LogP contribution < -0.4 is 10.5 Å². The minimum atomic E-state index is -3.72. The van der Waals surface area contributed by atoms with E-state index >= 15 is 0 Å². The molecule has 0 aromatic carbocycles. The molecule has 0 bridgehead atoms. The Labute approximate surface area is 123 Å². The van der Waals surface area contributed by atoms with Crippen LogP contribution in [-0.4, -0.2) is 20.4 Å². The summed E-state index contributed by atoms with van der Waals surface area (Å²) in [5.74, 6) is 0.467. The zero-order valence-corrected chi connectivity index (χ0v) is 13.1. The summed E-state index contributed by atoms with van der Waals surface area (Å²) in [6, 6.07) is 1.54. The fourth-order valence-electron chi connectivity index (χ4n) is 2.65. The molecular weight excluding hydrogens is 296 g/mol. The summed E-state index contributed by atoms with van der Waals surface area (Å²) in [6.07, 6.45) is 5.51. The highest BCUT2D eigenvalue weighted by atomic mass is 32.2. The first-order chi connectivity index (χ1) is 9.40. The lowest BCUT2D eigenvalue weighted by molar-refractivity contribution is 0.0919. The molecule has 3 N–H and O–H groups in total. The van der Waals surface area contributed by atoms with Crippen molar-refractivity contribution < 1.29 is 13.2 Å². The van der Waals surface area contributed by atoms with E-state index in [0.717, 1.165) is 37.0 Å². The Morgan fingerprint density at radius 1 is 1.50 bits per heavy atom. The monoisotopic (exact) mass is 316 g/mol. The van der Waals surface area contributed by atoms with E-state index in [2.05, 4.69) is 12.2 Å². The molecule has 20 heavy (non-hydrogen) atoms. The first-order valence-corrected chi connectivity index (χ1v) is 9.25. The minimum Gasteiger partial charge on any atom is -0.349 e. The van der Waals surface area contributed by atoms with E-state index in [1.807, 2.05) is 0 Å². The second kappa shape index (κ2) is 6.24. The molecule has 1 aliphatic carbocycles. The van der Waals surface area contributed by atoms with Crippen LogP contribution in [-0.2, 0) is 10.0 Å². The molecule has 0 saturated heterocycles. The summed E-state index contributed by atoms with van der Waals surface area (Å²) >= 11 is 0.978. The zero-order valence-electron chi connectivity index (χ0n) is 11.5. The number of hydrogen-bond donors (Lipinski definition) is 2. The van der Waals surface area contributed by atoms with Crippen molar-refractivity contribution in [3.8, 4) is 0 Å². The molecule has 1 fully saturated rings. The van der Waals surface area contributed by atoms with Gasteiger partial charge in [0.05, 0.1) is 5.56 Å². The first kappa shape index (κ1) is 15.5. The number of rotatable bonds is 4. The maximum atomic E-state index is 12.1. The predicted octanol–water partition coefficient (Wildman–Crippen LogP) is 2.09. The van der Waals surface area contributed by atoms with E-state index in [1.165, 1.54) is 17.9 Å². The Hall–Kier alpha value is -0.920. The van der Waals surface area contributed by atoms with Gasteiger partial charge in [0.25, 0.3) is 5.91 Å². The van der Waals surface area contributed by atoms with Crippen molar-refractivity contribution in [2.45, 2.75) is 49.3 Å². The highest BCUT2D eigenvalue weighted by Gasteiger charge is 2.23. The fourth-order valence-corrected chi connectivity index (χ4v) is 4.23. The molecule has 1 aliphatic rings. The summed E-state index contributed by atoms with van der Waals surface area (Å²) in [6.45, 7) is 2.17. The number of thiophene rings is 1. The quantitative estimate of drug-likeness (QED) is 0.891. The average Bonchev–Trinajstić information content (AvgIpc) is 2.88. The van der Waals surface area contributed by atoms with E-state index < -0.39 is 10.0 Å². The third kappa shape index (κ3) is 3.80. The molecule has 1 heterocycles. The van der Waals surface area contributed by atoms with Crippen LogP contribution in [0.1, 0.15) is 49.4 Å². The highest BCUT2D eigenvalue weighted by molar-refractivity contribution is 7.91. The fraction of sp³-hybridized carbons (Fsp3) is 0.615. The standard InChI is InChI=1S/C13H20N2O3S2/c1-2-9-4-3-5-11(6-9)15-13(16)10-7-12(19-8-10)20(14,17)18/h7-9,11H,2-6H2,1H3,(H,15,16)(H2,14,17,18). The van der Waals surface area contributed by atoms with Gasteiger partial charge in [-0.2, -0.15) is 0 Å². The molecule has 1 saturated carbocycles. The van der Waals surface area contributed by atoms with Crippen LogP contribution in [0.4, 0.5) is 0 Å². The lowest BCUT2D eigenvalue weighted by Gasteiger charge is -2.28. The molecule has 0 radical (unpaired) electrons. The Balaban J connectivity index is 2.00. The molecule has 1 aromatic heterocycles. The van der Waals surface area contributed by atoms with E-state index in [-0.39, 0.29) is 16.2 Å². The normalized spacial score (nSPS) is 23.5. The van der Waals surface area contributed by atoms with Crippen molar-refractivity contribution in [3.63, 3.8) is 0 Å². The van der Waals surface area contributed by atoms with Gasteiger partial charge in [-0.1, -0.05) is 26.2 Å². The zero-order chi connectivity index (χ0) is 14.8. The van der Waals surface area contributed by atoms with Gasteiger partial charge in [-0.15, -0.1) is 11.3 Å². The molecule has 2 unspecified atom stereocenters. The summed E-state index contributed by atoms with van der Waals surface area (Å²) in [4.78, 5) is 12.1. The molecule has 5 nitrogen and oxygen atoms in total. The van der Waals surface area contributed by atoms with E-state index in [1.54, 1.807) is 0 Å². The number of nitrogens with one attached hydrogen (secondary N) is 1. The Kier molecular flexibility index (Phi) is 4.82. The van der Waals surface area contributed by atoms with Crippen molar-refractivity contribution in [2.75, 3.05) is 0 Å². The molecule has 112 valence electrons. The summed E-state index contributed by atoms with van der Waals surface area (Å²) in [5.41, 5.74) is 0.373. The second-order valence-corrected chi connectivity index (χ2v) is 8.01. The topological polar surface area (TPSA) is 89.3 Å². The molecule has 1 amide bonds. The second-order valence-electron chi connectivity index (χ2n) is 5.31. The van der Waals surface area contributed by atoms with Gasteiger partial charge in [0.15, 0.2) is 0 Å². The van der Waals surface area contributed by atoms with E-state index in [4.69, 9.17) is 5.14 Å². The van der Waals surface area contributed by atoms with Crippen LogP contribution in [0.15, 0.2) is 15.7 Å². The average molecular weight is 316 g/mol. The van der Waals surface area contributed by atoms with Crippen molar-refractivity contribution in [1.82, 2.24) is 5.32 Å². The maximum absolute atomic E-state index is 12.1. The smallest absolute Gasteiger partial charge is 0.252 e. The van der Waals surface area contributed by atoms with Crippen molar-refractivity contribution in [3.05, 3.63) is 17.0 Å². The maximum Gasteiger partial charge on any atom is 0.252 e. The number of primary sulfonamides is 1. The number of carbonyl (C=O) groups is 1. The van der Waals surface area contributed by atoms with Gasteiger partial charge < -0.3 is 5.32 Å². The third-order valence-electron chi connectivity index (χ3n) is 3.81. The van der Waals surface area contributed by atoms with Crippen LogP contribution in [0.2, 0.25) is 0 Å². The predicted molar refractivity (Wildman–Crippen MR) is 79.2 cm³/mol. The SMILES string of the molecule is CCC1CCCC(NC(=O)c2csc(S(N)(=O)=O)c2)C1. The van der Waals surface area contributed by atoms with Crippen LogP contribution in [0.25, 0.3) is 0 Å². The van der Waals surface area contributed by atoms with Gasteiger partial charge in [-0.25, -0.2) is 13.6 Å². The Morgan fingerprint density at radius 3 is 2.85 bits per heavy atom. The molecule has 7 heteroatoms. The summed E-state index contributed by atoms with van der Waals surface area (Å²) in [7, 11) is -3.72. The van der Waals surface area contributed by atoms with Gasteiger partial charge >= 0.3 is 0 Å². The van der Waals surface area contributed by atoms with Crippen LogP contribution in [0.5, 0.6) is 0 Å². The Bertz CT molecular complexity index is 580. The van der Waals surface area contributed by atoms with Crippen LogP contribution >= 0.6 is 11.3 Å². The van der Waals surface area contributed by atoms with E-state index in [9.17, 15) is 13.2 Å². The highest BCUT2D eigenvalue weighted by Crippen LogP contribution is 2.27. The minimum absolute atomic E-state index is 0.0257. The van der Waals surface area contributed by atoms with Crippen molar-refractivity contribution in [1.29, 1.82) is 0 Å². The third-order valence-corrected chi connectivity index (χ3v) is 6.20. The summed E-state index contributed by atoms with van der Waals surface area (Å²) < 4.78 is 22.4. The number of sulfonamides is 1. The largest absolute Gasteiger partial charge is 0.349 e. The van der Waals surface area contributed by atoms with Gasteiger partial charge in [0.2, 0.25) is 10.0 Å². The molecule has 0 spiro atoms. The Morgan fingerprint density at radius 2 is 2.25 bits per heavy atom. The van der Waals surface area contributed by atoms with Crippen molar-refractivity contribution >= 4 is 27.3 Å². The van der Waals surface area contributed by atoms with Crippen LogP contribution in [0, 0.1) is 5.92 Å². The molecule has 2 atom stereocenters. The van der Waals surface area contributed by atoms with Gasteiger partial charge in [-0.3, -0.25) is 4.79 Å². The van der Waals surface area contributed by atoms with Gasteiger partial charge in [0.1, 0.15) is 4.21 Å². The number of carbonyl (C=O) groups excluding carboxylic acids is 1. The first-order valence-electron chi connectivity index (χ1n) is 6.82. The van der Waals surface area contributed by atoms with Gasteiger partial charge in [-0.05, 0) is 24.8 Å². The molecule has 0 aliphatic heterocycles.